The number of hydrogen-bond donors (Lipinski definition) is 1. The van der Waals surface area contributed by atoms with Crippen LogP contribution < -0.4 is 5.32 Å². The van der Waals surface area contributed by atoms with E-state index >= 15 is 0 Å². The predicted octanol–water partition coefficient (Wildman–Crippen LogP) is 1.57. The lowest BCUT2D eigenvalue weighted by Crippen LogP contribution is -2.21. The quantitative estimate of drug-likeness (QED) is 0.849. The zero-order valence-electron chi connectivity index (χ0n) is 9.77. The molecule has 0 aliphatic heterocycles. The van der Waals surface area contributed by atoms with Crippen LogP contribution in [-0.2, 0) is 13.6 Å². The van der Waals surface area contributed by atoms with E-state index in [0.717, 1.165) is 11.5 Å². The lowest BCUT2D eigenvalue weighted by Gasteiger charge is -2.04. The Morgan fingerprint density at radius 2 is 2.25 bits per heavy atom. The van der Waals surface area contributed by atoms with Crippen molar-refractivity contribution in [3.63, 3.8) is 0 Å². The van der Waals surface area contributed by atoms with Gasteiger partial charge in [-0.15, -0.1) is 0 Å². The van der Waals surface area contributed by atoms with Gasteiger partial charge in [-0.1, -0.05) is 13.8 Å². The predicted molar refractivity (Wildman–Crippen MR) is 60.7 cm³/mol. The van der Waals surface area contributed by atoms with Gasteiger partial charge >= 0.3 is 0 Å². The Balaban J connectivity index is 2.11. The average Bonchev–Trinajstić information content (AvgIpc) is 2.83. The highest BCUT2D eigenvalue weighted by Gasteiger charge is 2.09. The molecule has 5 heteroatoms. The number of rotatable bonds is 4. The maximum absolute atomic E-state index is 5.62. The van der Waals surface area contributed by atoms with Crippen LogP contribution in [0.3, 0.4) is 0 Å². The summed E-state index contributed by atoms with van der Waals surface area (Å²) in [7, 11) is 1.93. The van der Waals surface area contributed by atoms with Crippen LogP contribution in [0.15, 0.2) is 23.1 Å². The van der Waals surface area contributed by atoms with Crippen LogP contribution in [0, 0.1) is 0 Å². The van der Waals surface area contributed by atoms with E-state index in [2.05, 4.69) is 29.1 Å². The van der Waals surface area contributed by atoms with Crippen LogP contribution >= 0.6 is 0 Å². The first-order chi connectivity index (χ1) is 7.66. The summed E-state index contributed by atoms with van der Waals surface area (Å²) < 4.78 is 7.53. The summed E-state index contributed by atoms with van der Waals surface area (Å²) in [6.07, 6.45) is 5.23. The second kappa shape index (κ2) is 4.49. The largest absolute Gasteiger partial charge is 0.438 e. The Morgan fingerprint density at radius 1 is 1.44 bits per heavy atom. The number of aryl methyl sites for hydroxylation is 1. The number of nitrogens with one attached hydrogen (secondary N) is 1. The molecule has 0 aromatic carbocycles. The Bertz CT molecular complexity index is 458. The van der Waals surface area contributed by atoms with Gasteiger partial charge in [-0.05, 0) is 0 Å². The van der Waals surface area contributed by atoms with E-state index in [-0.39, 0.29) is 0 Å². The van der Waals surface area contributed by atoms with E-state index in [9.17, 15) is 0 Å². The first-order valence-electron chi connectivity index (χ1n) is 5.31. The molecule has 0 unspecified atom stereocenters. The highest BCUT2D eigenvalue weighted by Crippen LogP contribution is 2.18. The fourth-order valence-corrected chi connectivity index (χ4v) is 1.40. The third-order valence-corrected chi connectivity index (χ3v) is 2.28. The fourth-order valence-electron chi connectivity index (χ4n) is 1.40. The van der Waals surface area contributed by atoms with Crippen molar-refractivity contribution in [2.24, 2.45) is 7.05 Å². The zero-order valence-corrected chi connectivity index (χ0v) is 9.77. The van der Waals surface area contributed by atoms with Crippen molar-refractivity contribution in [2.75, 3.05) is 0 Å². The molecule has 0 atom stereocenters. The van der Waals surface area contributed by atoms with Crippen molar-refractivity contribution in [3.8, 4) is 11.5 Å². The molecule has 2 aromatic heterocycles. The van der Waals surface area contributed by atoms with Gasteiger partial charge in [-0.25, -0.2) is 9.97 Å². The molecule has 2 rings (SSSR count). The molecule has 5 nitrogen and oxygen atoms in total. The Hall–Kier alpha value is -1.62. The maximum atomic E-state index is 5.62. The first-order valence-corrected chi connectivity index (χ1v) is 5.31. The second-order valence-electron chi connectivity index (χ2n) is 4.04. The van der Waals surface area contributed by atoms with E-state index in [1.807, 2.05) is 11.6 Å². The van der Waals surface area contributed by atoms with Gasteiger partial charge in [0.15, 0.2) is 5.76 Å². The Kier molecular flexibility index (Phi) is 3.05. The third kappa shape index (κ3) is 2.30. The molecule has 86 valence electrons. The van der Waals surface area contributed by atoms with Gasteiger partial charge in [0, 0.05) is 13.1 Å². The molecule has 0 amide bonds. The summed E-state index contributed by atoms with van der Waals surface area (Å²) in [6, 6.07) is 0.423. The van der Waals surface area contributed by atoms with Crippen LogP contribution in [0.5, 0.6) is 0 Å². The zero-order chi connectivity index (χ0) is 11.5. The summed E-state index contributed by atoms with van der Waals surface area (Å²) in [5, 5.41) is 3.26. The van der Waals surface area contributed by atoms with E-state index in [4.69, 9.17) is 4.42 Å². The number of oxazole rings is 1. The van der Waals surface area contributed by atoms with Crippen LogP contribution in [0.25, 0.3) is 11.5 Å². The smallest absolute Gasteiger partial charge is 0.208 e. The molecule has 0 saturated heterocycles. The van der Waals surface area contributed by atoms with Gasteiger partial charge in [0.25, 0.3) is 0 Å². The van der Waals surface area contributed by atoms with Gasteiger partial charge in [0.2, 0.25) is 5.89 Å². The van der Waals surface area contributed by atoms with Gasteiger partial charge < -0.3 is 14.3 Å². The summed E-state index contributed by atoms with van der Waals surface area (Å²) in [5.41, 5.74) is 0.934. The minimum Gasteiger partial charge on any atom is -0.438 e. The van der Waals surface area contributed by atoms with Crippen LogP contribution in [0.4, 0.5) is 0 Å². The summed E-state index contributed by atoms with van der Waals surface area (Å²) in [5.74, 6) is 1.45. The molecule has 0 aliphatic rings. The van der Waals surface area contributed by atoms with E-state index in [1.165, 1.54) is 0 Å². The van der Waals surface area contributed by atoms with Gasteiger partial charge in [-0.2, -0.15) is 0 Å². The van der Waals surface area contributed by atoms with Crippen molar-refractivity contribution in [1.29, 1.82) is 0 Å². The topological polar surface area (TPSA) is 55.9 Å². The second-order valence-corrected chi connectivity index (χ2v) is 4.04. The number of hydrogen-bond acceptors (Lipinski definition) is 4. The molecule has 0 bridgehead atoms. The normalized spacial score (nSPS) is 11.2. The Morgan fingerprint density at radius 3 is 2.88 bits per heavy atom. The van der Waals surface area contributed by atoms with E-state index < -0.39 is 0 Å². The minimum absolute atomic E-state index is 0.423. The summed E-state index contributed by atoms with van der Waals surface area (Å²) in [6.45, 7) is 4.82. The van der Waals surface area contributed by atoms with Crippen molar-refractivity contribution >= 4 is 0 Å². The third-order valence-electron chi connectivity index (χ3n) is 2.28. The maximum Gasteiger partial charge on any atom is 0.208 e. The van der Waals surface area contributed by atoms with Crippen LogP contribution in [0.1, 0.15) is 19.7 Å². The molecule has 0 radical (unpaired) electrons. The molecular formula is C11H16N4O. The van der Waals surface area contributed by atoms with E-state index in [0.29, 0.717) is 18.5 Å². The fraction of sp³-hybridized carbons (Fsp3) is 0.455. The standard InChI is InChI=1S/C11H16N4O/c1-8(2)13-6-11-14-5-10(16-11)9-4-12-7-15(9)3/h4-5,7-8,13H,6H2,1-3H3. The minimum atomic E-state index is 0.423. The SMILES string of the molecule is CC(C)NCc1ncc(-c2cncn2C)o1. The van der Waals surface area contributed by atoms with Crippen LogP contribution in [0.2, 0.25) is 0 Å². The van der Waals surface area contributed by atoms with Gasteiger partial charge in [0.05, 0.1) is 25.3 Å². The highest BCUT2D eigenvalue weighted by atomic mass is 16.4. The molecular weight excluding hydrogens is 204 g/mol. The van der Waals surface area contributed by atoms with Gasteiger partial charge in [0.1, 0.15) is 5.69 Å². The number of nitrogens with zero attached hydrogens (tertiary/aromatic N) is 3. The van der Waals surface area contributed by atoms with E-state index in [1.54, 1.807) is 18.7 Å². The van der Waals surface area contributed by atoms with Crippen molar-refractivity contribution < 1.29 is 4.42 Å². The molecule has 2 aromatic rings. The van der Waals surface area contributed by atoms with Crippen molar-refractivity contribution in [2.45, 2.75) is 26.4 Å². The molecule has 0 fully saturated rings. The Labute approximate surface area is 94.5 Å². The van der Waals surface area contributed by atoms with Crippen LogP contribution in [-0.4, -0.2) is 20.6 Å². The molecule has 0 aliphatic carbocycles. The molecule has 2 heterocycles. The molecule has 0 saturated carbocycles. The monoisotopic (exact) mass is 220 g/mol. The molecule has 16 heavy (non-hydrogen) atoms. The molecule has 1 N–H and O–H groups in total. The first kappa shape index (κ1) is 10.9. The lowest BCUT2D eigenvalue weighted by molar-refractivity contribution is 0.457. The van der Waals surface area contributed by atoms with Gasteiger partial charge in [-0.3, -0.25) is 0 Å². The average molecular weight is 220 g/mol. The number of aromatic nitrogens is 3. The highest BCUT2D eigenvalue weighted by molar-refractivity contribution is 5.49. The molecule has 0 spiro atoms. The van der Waals surface area contributed by atoms with Crippen molar-refractivity contribution in [3.05, 3.63) is 24.6 Å². The lowest BCUT2D eigenvalue weighted by atomic mass is 10.4. The summed E-state index contributed by atoms with van der Waals surface area (Å²) >= 11 is 0. The summed E-state index contributed by atoms with van der Waals surface area (Å²) in [4.78, 5) is 8.26. The van der Waals surface area contributed by atoms with Crippen molar-refractivity contribution in [1.82, 2.24) is 19.9 Å². The number of imidazole rings is 1.